The van der Waals surface area contributed by atoms with E-state index in [2.05, 4.69) is 5.32 Å². The van der Waals surface area contributed by atoms with Gasteiger partial charge in [-0.2, -0.15) is 0 Å². The summed E-state index contributed by atoms with van der Waals surface area (Å²) >= 11 is 5.85. The van der Waals surface area contributed by atoms with E-state index >= 15 is 0 Å². The lowest BCUT2D eigenvalue weighted by Crippen LogP contribution is -2.26. The molecule has 4 nitrogen and oxygen atoms in total. The highest BCUT2D eigenvalue weighted by Gasteiger charge is 2.22. The molecule has 1 saturated carbocycles. The monoisotopic (exact) mass is 254 g/mol. The number of nitrogen functional groups attached to an aromatic ring is 1. The van der Waals surface area contributed by atoms with Crippen LogP contribution in [0.25, 0.3) is 0 Å². The first-order valence-electron chi connectivity index (χ1n) is 5.62. The highest BCUT2D eigenvalue weighted by molar-refractivity contribution is 6.33. The molecule has 0 atom stereocenters. The molecule has 1 aromatic rings. The van der Waals surface area contributed by atoms with Gasteiger partial charge < -0.3 is 15.8 Å². The zero-order valence-corrected chi connectivity index (χ0v) is 10.2. The third-order valence-corrected chi connectivity index (χ3v) is 2.84. The number of nitrogens with two attached hydrogens (primary N) is 1. The molecule has 0 saturated heterocycles. The maximum absolute atomic E-state index is 11.4. The molecule has 0 spiro atoms. The Hall–Kier alpha value is -1.42. The molecular formula is C12H15ClN2O2. The van der Waals surface area contributed by atoms with Crippen molar-refractivity contribution in [3.63, 3.8) is 0 Å². The number of hydrogen-bond acceptors (Lipinski definition) is 3. The van der Waals surface area contributed by atoms with Crippen LogP contribution in [0.5, 0.6) is 5.75 Å². The number of benzene rings is 1. The van der Waals surface area contributed by atoms with Crippen molar-refractivity contribution < 1.29 is 9.53 Å². The van der Waals surface area contributed by atoms with Crippen molar-refractivity contribution in [2.75, 3.05) is 12.3 Å². The summed E-state index contributed by atoms with van der Waals surface area (Å²) in [5.41, 5.74) is 6.09. The van der Waals surface area contributed by atoms with Crippen LogP contribution < -0.4 is 15.8 Å². The Morgan fingerprint density at radius 2 is 2.29 bits per heavy atom. The first kappa shape index (κ1) is 12.0. The van der Waals surface area contributed by atoms with Gasteiger partial charge in [0.1, 0.15) is 5.75 Å². The summed E-state index contributed by atoms with van der Waals surface area (Å²) in [7, 11) is 0. The fraction of sp³-hybridized carbons (Fsp3) is 0.417. The SMILES string of the molecule is Nc1ccc(OCCC(=O)NC2CC2)cc1Cl. The molecule has 1 amide bonds. The number of anilines is 1. The summed E-state index contributed by atoms with van der Waals surface area (Å²) in [4.78, 5) is 11.4. The molecule has 0 aliphatic heterocycles. The number of carbonyl (C=O) groups excluding carboxylic acids is 1. The van der Waals surface area contributed by atoms with Crippen molar-refractivity contribution in [2.45, 2.75) is 25.3 Å². The minimum atomic E-state index is 0.0361. The quantitative estimate of drug-likeness (QED) is 0.790. The molecule has 0 radical (unpaired) electrons. The van der Waals surface area contributed by atoms with Gasteiger partial charge in [0.2, 0.25) is 5.91 Å². The molecule has 0 unspecified atom stereocenters. The predicted molar refractivity (Wildman–Crippen MR) is 67.1 cm³/mol. The van der Waals surface area contributed by atoms with Crippen LogP contribution in [-0.4, -0.2) is 18.6 Å². The smallest absolute Gasteiger partial charge is 0.223 e. The van der Waals surface area contributed by atoms with Crippen LogP contribution in [0.1, 0.15) is 19.3 Å². The van der Waals surface area contributed by atoms with Gasteiger partial charge in [0.05, 0.1) is 23.7 Å². The van der Waals surface area contributed by atoms with Gasteiger partial charge >= 0.3 is 0 Å². The number of ether oxygens (including phenoxy) is 1. The lowest BCUT2D eigenvalue weighted by Gasteiger charge is -2.07. The fourth-order valence-electron chi connectivity index (χ4n) is 1.39. The van der Waals surface area contributed by atoms with Crippen molar-refractivity contribution in [3.8, 4) is 5.75 Å². The minimum Gasteiger partial charge on any atom is -0.493 e. The fourth-order valence-corrected chi connectivity index (χ4v) is 1.56. The summed E-state index contributed by atoms with van der Waals surface area (Å²) in [6, 6.07) is 5.46. The van der Waals surface area contributed by atoms with Gasteiger partial charge in [0.25, 0.3) is 0 Å². The Morgan fingerprint density at radius 3 is 2.94 bits per heavy atom. The number of halogens is 1. The van der Waals surface area contributed by atoms with Crippen LogP contribution >= 0.6 is 11.6 Å². The van der Waals surface area contributed by atoms with E-state index in [0.29, 0.717) is 35.5 Å². The molecule has 0 heterocycles. The molecule has 1 aliphatic rings. The Balaban J connectivity index is 1.73. The molecule has 0 aromatic heterocycles. The highest BCUT2D eigenvalue weighted by Crippen LogP contribution is 2.24. The Morgan fingerprint density at radius 1 is 1.53 bits per heavy atom. The average molecular weight is 255 g/mol. The first-order chi connectivity index (χ1) is 8.15. The third-order valence-electron chi connectivity index (χ3n) is 2.51. The van der Waals surface area contributed by atoms with E-state index in [-0.39, 0.29) is 5.91 Å². The van der Waals surface area contributed by atoms with Gasteiger partial charge in [0.15, 0.2) is 0 Å². The van der Waals surface area contributed by atoms with Crippen molar-refractivity contribution >= 4 is 23.2 Å². The van der Waals surface area contributed by atoms with E-state index in [4.69, 9.17) is 22.1 Å². The zero-order valence-electron chi connectivity index (χ0n) is 9.41. The van der Waals surface area contributed by atoms with Crippen LogP contribution in [0.4, 0.5) is 5.69 Å². The molecule has 1 aliphatic carbocycles. The van der Waals surface area contributed by atoms with E-state index in [1.165, 1.54) is 0 Å². The molecule has 5 heteroatoms. The minimum absolute atomic E-state index is 0.0361. The van der Waals surface area contributed by atoms with Crippen molar-refractivity contribution in [3.05, 3.63) is 23.2 Å². The first-order valence-corrected chi connectivity index (χ1v) is 6.00. The molecule has 1 fully saturated rings. The molecule has 2 rings (SSSR count). The van der Waals surface area contributed by atoms with Crippen molar-refractivity contribution in [2.24, 2.45) is 0 Å². The maximum atomic E-state index is 11.4. The van der Waals surface area contributed by atoms with E-state index in [9.17, 15) is 4.79 Å². The second-order valence-electron chi connectivity index (χ2n) is 4.12. The summed E-state index contributed by atoms with van der Waals surface area (Å²) in [6.45, 7) is 0.346. The number of carbonyl (C=O) groups is 1. The Kier molecular flexibility index (Phi) is 3.74. The number of rotatable bonds is 5. The van der Waals surface area contributed by atoms with Gasteiger partial charge in [-0.3, -0.25) is 4.79 Å². The van der Waals surface area contributed by atoms with Crippen molar-refractivity contribution in [1.82, 2.24) is 5.32 Å². The van der Waals surface area contributed by atoms with E-state index in [0.717, 1.165) is 12.8 Å². The van der Waals surface area contributed by atoms with Gasteiger partial charge in [-0.05, 0) is 25.0 Å². The Labute approximate surface area is 105 Å². The van der Waals surface area contributed by atoms with E-state index in [1.807, 2.05) is 0 Å². The Bertz CT molecular complexity index is 419. The van der Waals surface area contributed by atoms with Crippen molar-refractivity contribution in [1.29, 1.82) is 0 Å². The number of hydrogen-bond donors (Lipinski definition) is 2. The van der Waals surface area contributed by atoms with Gasteiger partial charge in [-0.15, -0.1) is 0 Å². The van der Waals surface area contributed by atoms with Crippen LogP contribution in [0, 0.1) is 0 Å². The van der Waals surface area contributed by atoms with Crippen LogP contribution in [0.2, 0.25) is 5.02 Å². The second-order valence-corrected chi connectivity index (χ2v) is 4.53. The van der Waals surface area contributed by atoms with Crippen LogP contribution in [0.15, 0.2) is 18.2 Å². The number of amides is 1. The second kappa shape index (κ2) is 5.27. The standard InChI is InChI=1S/C12H15ClN2O2/c13-10-7-9(3-4-11(10)14)17-6-5-12(16)15-8-1-2-8/h3-4,7-8H,1-2,5-6,14H2,(H,15,16). The normalized spacial score (nSPS) is 14.4. The van der Waals surface area contributed by atoms with Gasteiger partial charge in [-0.25, -0.2) is 0 Å². The van der Waals surface area contributed by atoms with Crippen LogP contribution in [-0.2, 0) is 4.79 Å². The molecule has 0 bridgehead atoms. The lowest BCUT2D eigenvalue weighted by molar-refractivity contribution is -0.121. The number of nitrogens with one attached hydrogen (secondary N) is 1. The van der Waals surface area contributed by atoms with E-state index < -0.39 is 0 Å². The summed E-state index contributed by atoms with van der Waals surface area (Å²) < 4.78 is 5.41. The van der Waals surface area contributed by atoms with E-state index in [1.54, 1.807) is 18.2 Å². The molecule has 3 N–H and O–H groups in total. The molecule has 17 heavy (non-hydrogen) atoms. The third kappa shape index (κ3) is 3.82. The van der Waals surface area contributed by atoms with Gasteiger partial charge in [0, 0.05) is 12.1 Å². The topological polar surface area (TPSA) is 64.3 Å². The molecular weight excluding hydrogens is 240 g/mol. The molecule has 92 valence electrons. The predicted octanol–water partition coefficient (Wildman–Crippen LogP) is 1.97. The molecule has 1 aromatic carbocycles. The largest absolute Gasteiger partial charge is 0.493 e. The summed E-state index contributed by atoms with van der Waals surface area (Å²) in [6.07, 6.45) is 2.55. The zero-order chi connectivity index (χ0) is 12.3. The lowest BCUT2D eigenvalue weighted by atomic mass is 10.3. The van der Waals surface area contributed by atoms with Gasteiger partial charge in [-0.1, -0.05) is 11.6 Å². The highest BCUT2D eigenvalue weighted by atomic mass is 35.5. The summed E-state index contributed by atoms with van der Waals surface area (Å²) in [5.74, 6) is 0.664. The average Bonchev–Trinajstić information content (AvgIpc) is 3.07. The summed E-state index contributed by atoms with van der Waals surface area (Å²) in [5, 5.41) is 3.36. The maximum Gasteiger partial charge on any atom is 0.223 e. The van der Waals surface area contributed by atoms with Crippen LogP contribution in [0.3, 0.4) is 0 Å².